The second-order valence-corrected chi connectivity index (χ2v) is 4.48. The van der Waals surface area contributed by atoms with Crippen LogP contribution in [0.15, 0.2) is 27.6 Å². The molecule has 1 fully saturated rings. The third-order valence-corrected chi connectivity index (χ3v) is 3.06. The number of hydrogen-bond acceptors (Lipinski definition) is 6. The van der Waals surface area contributed by atoms with Gasteiger partial charge in [0.05, 0.1) is 6.54 Å². The molecule has 100 valence electrons. The number of hydrogen-bond donors (Lipinski definition) is 2. The minimum atomic E-state index is -0.181. The molecular weight excluding hydrogens is 246 g/mol. The summed E-state index contributed by atoms with van der Waals surface area (Å²) >= 11 is 0. The highest BCUT2D eigenvalue weighted by Gasteiger charge is 2.14. The molecule has 0 spiro atoms. The second-order valence-electron chi connectivity index (χ2n) is 4.48. The van der Waals surface area contributed by atoms with Gasteiger partial charge in [-0.3, -0.25) is 9.69 Å². The van der Waals surface area contributed by atoms with E-state index in [4.69, 9.17) is 4.52 Å². The molecule has 0 saturated carbocycles. The number of aromatic nitrogens is 3. The van der Waals surface area contributed by atoms with Crippen LogP contribution < -0.4 is 10.9 Å². The molecule has 1 aliphatic rings. The Kier molecular flexibility index (Phi) is 3.39. The van der Waals surface area contributed by atoms with Crippen molar-refractivity contribution in [1.29, 1.82) is 0 Å². The van der Waals surface area contributed by atoms with Crippen molar-refractivity contribution < 1.29 is 4.52 Å². The van der Waals surface area contributed by atoms with Crippen LogP contribution in [0.5, 0.6) is 0 Å². The van der Waals surface area contributed by atoms with E-state index in [0.29, 0.717) is 23.8 Å². The summed E-state index contributed by atoms with van der Waals surface area (Å²) in [6, 6.07) is 3.19. The molecule has 0 aliphatic carbocycles. The second kappa shape index (κ2) is 5.33. The lowest BCUT2D eigenvalue weighted by Crippen LogP contribution is -2.43. The standard InChI is InChI=1S/C12H15N5O2/c18-11-7-9(1-2-14-11)12-15-10(16-19-12)8-17-5-3-13-4-6-17/h1-2,7,13H,3-6,8H2,(H,14,18). The zero-order chi connectivity index (χ0) is 13.1. The summed E-state index contributed by atoms with van der Waals surface area (Å²) in [4.78, 5) is 20.4. The number of nitrogens with zero attached hydrogens (tertiary/aromatic N) is 3. The number of piperazine rings is 1. The highest BCUT2D eigenvalue weighted by atomic mass is 16.5. The van der Waals surface area contributed by atoms with Crippen LogP contribution in [0.2, 0.25) is 0 Å². The van der Waals surface area contributed by atoms with Crippen LogP contribution in [0.4, 0.5) is 0 Å². The molecule has 0 atom stereocenters. The third-order valence-electron chi connectivity index (χ3n) is 3.06. The first-order valence-electron chi connectivity index (χ1n) is 6.26. The summed E-state index contributed by atoms with van der Waals surface area (Å²) in [6.07, 6.45) is 1.57. The lowest BCUT2D eigenvalue weighted by molar-refractivity contribution is 0.225. The van der Waals surface area contributed by atoms with Crippen molar-refractivity contribution in [3.63, 3.8) is 0 Å². The number of nitrogens with one attached hydrogen (secondary N) is 2. The summed E-state index contributed by atoms with van der Waals surface area (Å²) < 4.78 is 5.19. The zero-order valence-electron chi connectivity index (χ0n) is 10.4. The first kappa shape index (κ1) is 12.1. The molecule has 1 aliphatic heterocycles. The summed E-state index contributed by atoms with van der Waals surface area (Å²) in [5, 5.41) is 7.25. The van der Waals surface area contributed by atoms with Crippen LogP contribution in [0.1, 0.15) is 5.82 Å². The maximum absolute atomic E-state index is 11.2. The average Bonchev–Trinajstić information content (AvgIpc) is 2.88. The number of pyridine rings is 1. The van der Waals surface area contributed by atoms with E-state index >= 15 is 0 Å². The van der Waals surface area contributed by atoms with Crippen molar-refractivity contribution >= 4 is 0 Å². The first-order valence-corrected chi connectivity index (χ1v) is 6.26. The molecule has 2 N–H and O–H groups in total. The monoisotopic (exact) mass is 261 g/mol. The molecule has 7 heteroatoms. The summed E-state index contributed by atoms with van der Waals surface area (Å²) in [5.74, 6) is 1.04. The lowest BCUT2D eigenvalue weighted by atomic mass is 10.3. The van der Waals surface area contributed by atoms with Gasteiger partial charge < -0.3 is 14.8 Å². The Labute approximate surface area is 109 Å². The SMILES string of the molecule is O=c1cc(-c2nc(CN3CCNCC3)no2)cc[nH]1. The normalized spacial score (nSPS) is 16.6. The summed E-state index contributed by atoms with van der Waals surface area (Å²) in [6.45, 7) is 4.61. The maximum Gasteiger partial charge on any atom is 0.258 e. The molecule has 0 bridgehead atoms. The van der Waals surface area contributed by atoms with Gasteiger partial charge in [-0.15, -0.1) is 0 Å². The van der Waals surface area contributed by atoms with Gasteiger partial charge in [0.2, 0.25) is 5.56 Å². The van der Waals surface area contributed by atoms with E-state index < -0.39 is 0 Å². The molecule has 3 heterocycles. The highest BCUT2D eigenvalue weighted by Crippen LogP contribution is 2.14. The van der Waals surface area contributed by atoms with Crippen molar-refractivity contribution in [3.8, 4) is 11.5 Å². The first-order chi connectivity index (χ1) is 9.31. The molecular formula is C12H15N5O2. The molecule has 3 rings (SSSR count). The predicted molar refractivity (Wildman–Crippen MR) is 68.5 cm³/mol. The number of aromatic amines is 1. The Hall–Kier alpha value is -1.99. The van der Waals surface area contributed by atoms with Crippen LogP contribution in [0, 0.1) is 0 Å². The molecule has 2 aromatic rings. The van der Waals surface area contributed by atoms with Crippen molar-refractivity contribution in [3.05, 3.63) is 34.5 Å². The van der Waals surface area contributed by atoms with Crippen molar-refractivity contribution in [2.24, 2.45) is 0 Å². The van der Waals surface area contributed by atoms with E-state index in [1.165, 1.54) is 6.07 Å². The Balaban J connectivity index is 1.74. The molecule has 0 aromatic carbocycles. The largest absolute Gasteiger partial charge is 0.334 e. The third kappa shape index (κ3) is 2.88. The fourth-order valence-electron chi connectivity index (χ4n) is 2.08. The molecule has 0 amide bonds. The van der Waals surface area contributed by atoms with E-state index in [2.05, 4.69) is 25.3 Å². The van der Waals surface area contributed by atoms with Gasteiger partial charge in [-0.05, 0) is 6.07 Å². The molecule has 0 unspecified atom stereocenters. The molecule has 19 heavy (non-hydrogen) atoms. The Morgan fingerprint density at radius 3 is 3.00 bits per heavy atom. The van der Waals surface area contributed by atoms with E-state index in [1.807, 2.05) is 0 Å². The summed E-state index contributed by atoms with van der Waals surface area (Å²) in [7, 11) is 0. The molecule has 2 aromatic heterocycles. The van der Waals surface area contributed by atoms with Crippen molar-refractivity contribution in [1.82, 2.24) is 25.3 Å². The van der Waals surface area contributed by atoms with Gasteiger partial charge in [0.15, 0.2) is 5.82 Å². The quantitative estimate of drug-likeness (QED) is 0.797. The lowest BCUT2D eigenvalue weighted by Gasteiger charge is -2.25. The van der Waals surface area contributed by atoms with Gasteiger partial charge in [-0.25, -0.2) is 0 Å². The van der Waals surface area contributed by atoms with Crippen LogP contribution in [-0.2, 0) is 6.54 Å². The van der Waals surface area contributed by atoms with Crippen LogP contribution in [-0.4, -0.2) is 46.2 Å². The molecule has 7 nitrogen and oxygen atoms in total. The van der Waals surface area contributed by atoms with E-state index in [1.54, 1.807) is 12.3 Å². The van der Waals surface area contributed by atoms with Crippen molar-refractivity contribution in [2.45, 2.75) is 6.54 Å². The fourth-order valence-corrected chi connectivity index (χ4v) is 2.08. The van der Waals surface area contributed by atoms with Crippen LogP contribution >= 0.6 is 0 Å². The zero-order valence-corrected chi connectivity index (χ0v) is 10.4. The fraction of sp³-hybridized carbons (Fsp3) is 0.417. The predicted octanol–water partition coefficient (Wildman–Crippen LogP) is -0.170. The van der Waals surface area contributed by atoms with Gasteiger partial charge in [-0.1, -0.05) is 5.16 Å². The van der Waals surface area contributed by atoms with E-state index in [9.17, 15) is 4.79 Å². The number of H-pyrrole nitrogens is 1. The maximum atomic E-state index is 11.2. The highest BCUT2D eigenvalue weighted by molar-refractivity contribution is 5.50. The van der Waals surface area contributed by atoms with Crippen LogP contribution in [0.25, 0.3) is 11.5 Å². The van der Waals surface area contributed by atoms with Gasteiger partial charge in [-0.2, -0.15) is 4.98 Å². The van der Waals surface area contributed by atoms with Crippen molar-refractivity contribution in [2.75, 3.05) is 26.2 Å². The van der Waals surface area contributed by atoms with Gasteiger partial charge >= 0.3 is 0 Å². The Morgan fingerprint density at radius 1 is 1.37 bits per heavy atom. The van der Waals surface area contributed by atoms with E-state index in [0.717, 1.165) is 26.2 Å². The average molecular weight is 261 g/mol. The topological polar surface area (TPSA) is 87.1 Å². The van der Waals surface area contributed by atoms with Gasteiger partial charge in [0.1, 0.15) is 0 Å². The summed E-state index contributed by atoms with van der Waals surface area (Å²) in [5.41, 5.74) is 0.460. The minimum Gasteiger partial charge on any atom is -0.334 e. The smallest absolute Gasteiger partial charge is 0.258 e. The molecule has 1 saturated heterocycles. The Bertz CT molecular complexity index is 600. The number of rotatable bonds is 3. The van der Waals surface area contributed by atoms with E-state index in [-0.39, 0.29) is 5.56 Å². The molecule has 0 radical (unpaired) electrons. The minimum absolute atomic E-state index is 0.181. The van der Waals surface area contributed by atoms with Crippen LogP contribution in [0.3, 0.4) is 0 Å². The Morgan fingerprint density at radius 2 is 2.21 bits per heavy atom. The van der Waals surface area contributed by atoms with Gasteiger partial charge in [0, 0.05) is 44.0 Å². The van der Waals surface area contributed by atoms with Gasteiger partial charge in [0.25, 0.3) is 5.89 Å².